The first-order valence-corrected chi connectivity index (χ1v) is 39.9. The van der Waals surface area contributed by atoms with Gasteiger partial charge in [0.2, 0.25) is 0 Å². The lowest BCUT2D eigenvalue weighted by Crippen LogP contribution is -2.61. The number of benzene rings is 6. The average Bonchev–Trinajstić information content (AvgIpc) is 1.22. The zero-order valence-electron chi connectivity index (χ0n) is 60.5. The first-order valence-electron chi connectivity index (χ1n) is 39.9. The van der Waals surface area contributed by atoms with E-state index in [2.05, 4.69) is 145 Å². The van der Waals surface area contributed by atoms with Gasteiger partial charge < -0.3 is 43.8 Å². The molecule has 27 rings (SSSR count). The summed E-state index contributed by atoms with van der Waals surface area (Å²) in [6, 6.07) is 41.6. The molecule has 3 saturated carbocycles. The van der Waals surface area contributed by atoms with E-state index in [9.17, 15) is 20.4 Å². The molecule has 3 aliphatic heterocycles. The Hall–Kier alpha value is -8.41. The molecule has 7 aromatic rings. The van der Waals surface area contributed by atoms with Gasteiger partial charge in [0.15, 0.2) is 17.8 Å². The number of esters is 2. The molecule has 542 valence electrons. The van der Waals surface area contributed by atoms with Gasteiger partial charge in [-0.1, -0.05) is 165 Å². The summed E-state index contributed by atoms with van der Waals surface area (Å²) >= 11 is 0. The maximum absolute atomic E-state index is 17.0. The van der Waals surface area contributed by atoms with Crippen LogP contribution < -0.4 is 10.4 Å². The van der Waals surface area contributed by atoms with Crippen molar-refractivity contribution in [2.75, 3.05) is 26.6 Å². The van der Waals surface area contributed by atoms with Gasteiger partial charge in [-0.05, 0) is 250 Å². The predicted octanol–water partition coefficient (Wildman–Crippen LogP) is 16.3. The van der Waals surface area contributed by atoms with Gasteiger partial charge in [-0.25, -0.2) is 9.59 Å². The van der Waals surface area contributed by atoms with Crippen LogP contribution in [-0.2, 0) is 60.5 Å². The number of aliphatic hydroxyl groups is 4. The lowest BCUT2D eigenvalue weighted by molar-refractivity contribution is -0.205. The molecule has 4 N–H and O–H groups in total. The van der Waals surface area contributed by atoms with Crippen molar-refractivity contribution in [2.45, 2.75) is 200 Å². The van der Waals surface area contributed by atoms with Gasteiger partial charge in [-0.2, -0.15) is 0 Å². The van der Waals surface area contributed by atoms with Crippen molar-refractivity contribution in [3.8, 4) is 17.6 Å². The Kier molecular flexibility index (Phi) is 16.4. The van der Waals surface area contributed by atoms with Crippen LogP contribution in [-0.4, -0.2) is 70.7 Å². The van der Waals surface area contributed by atoms with Crippen molar-refractivity contribution >= 4 is 35.1 Å². The molecule has 17 atom stereocenters. The fraction of sp³-hybridized carbons (Fsp3) is 0.457. The lowest BCUT2D eigenvalue weighted by Gasteiger charge is -2.55. The molecular formula is C94H94O12. The molecule has 106 heavy (non-hydrogen) atoms. The molecule has 17 aliphatic carbocycles. The molecule has 12 nitrogen and oxygen atoms in total. The summed E-state index contributed by atoms with van der Waals surface area (Å²) in [6.07, 6.45) is 26.2. The van der Waals surface area contributed by atoms with Gasteiger partial charge in [0.25, 0.3) is 0 Å². The third-order valence-corrected chi connectivity index (χ3v) is 29.7. The second kappa shape index (κ2) is 25.9. The Balaban J connectivity index is 0.880. The van der Waals surface area contributed by atoms with E-state index in [-0.39, 0.29) is 131 Å². The van der Waals surface area contributed by atoms with E-state index in [0.717, 1.165) is 64.2 Å². The van der Waals surface area contributed by atoms with Crippen molar-refractivity contribution in [1.29, 1.82) is 0 Å². The summed E-state index contributed by atoms with van der Waals surface area (Å²) in [7, 11) is 0. The smallest absolute Gasteiger partial charge is 0.340 e. The number of carbonyl (C=O) groups excluding carboxylic acids is 2. The minimum absolute atomic E-state index is 0.00553. The van der Waals surface area contributed by atoms with Crippen molar-refractivity contribution in [3.63, 3.8) is 0 Å². The van der Waals surface area contributed by atoms with Crippen molar-refractivity contribution < 1.29 is 53.4 Å². The van der Waals surface area contributed by atoms with E-state index in [4.69, 9.17) is 23.4 Å². The molecule has 1 aromatic heterocycles. The fourth-order valence-corrected chi connectivity index (χ4v) is 25.4. The zero-order chi connectivity index (χ0) is 71.5. The number of rotatable bonds is 8. The lowest BCUT2D eigenvalue weighted by atomic mass is 9.48. The normalized spacial score (nSPS) is 32.6. The third kappa shape index (κ3) is 9.99. The highest BCUT2D eigenvalue weighted by Crippen LogP contribution is 2.68. The minimum atomic E-state index is -1.53. The highest BCUT2D eigenvalue weighted by molar-refractivity contribution is 5.91. The van der Waals surface area contributed by atoms with Crippen molar-refractivity contribution in [2.24, 2.45) is 41.4 Å². The fourth-order valence-electron chi connectivity index (χ4n) is 25.4. The molecule has 0 amide bonds. The van der Waals surface area contributed by atoms with Crippen LogP contribution in [0.15, 0.2) is 154 Å². The summed E-state index contributed by atoms with van der Waals surface area (Å²) in [5, 5.41) is 44.1. The first kappa shape index (κ1) is 67.0. The van der Waals surface area contributed by atoms with Gasteiger partial charge in [0.05, 0.1) is 31.8 Å². The van der Waals surface area contributed by atoms with Gasteiger partial charge >= 0.3 is 17.6 Å². The summed E-state index contributed by atoms with van der Waals surface area (Å²) < 4.78 is 35.5. The highest BCUT2D eigenvalue weighted by atomic mass is 16.6. The van der Waals surface area contributed by atoms with E-state index >= 15 is 14.4 Å². The Bertz CT molecular complexity index is 5050. The third-order valence-electron chi connectivity index (χ3n) is 29.7. The molecule has 0 radical (unpaired) electrons. The molecule has 0 saturated heterocycles. The predicted molar refractivity (Wildman–Crippen MR) is 405 cm³/mol. The molecule has 20 aliphatic rings. The quantitative estimate of drug-likeness (QED) is 0.0283. The number of hydrogen-bond acceptors (Lipinski definition) is 12. The summed E-state index contributed by atoms with van der Waals surface area (Å²) in [4.78, 5) is 49.0. The summed E-state index contributed by atoms with van der Waals surface area (Å²) in [5.41, 5.74) is 17.1. The van der Waals surface area contributed by atoms with Gasteiger partial charge in [-0.15, -0.1) is 0 Å². The van der Waals surface area contributed by atoms with Crippen LogP contribution in [0.2, 0.25) is 0 Å². The Labute approximate surface area is 620 Å². The van der Waals surface area contributed by atoms with Crippen LogP contribution in [0.25, 0.3) is 23.1 Å². The summed E-state index contributed by atoms with van der Waals surface area (Å²) in [6.45, 7) is -0.267. The van der Waals surface area contributed by atoms with Crippen LogP contribution in [0.1, 0.15) is 246 Å². The van der Waals surface area contributed by atoms with Crippen LogP contribution in [0.5, 0.6) is 5.75 Å². The van der Waals surface area contributed by atoms with Crippen LogP contribution in [0.4, 0.5) is 0 Å². The second-order valence-corrected chi connectivity index (χ2v) is 34.1. The Morgan fingerprint density at radius 2 is 1.55 bits per heavy atom. The number of aliphatic hydroxyl groups excluding tert-OH is 4. The molecule has 3 spiro atoms. The van der Waals surface area contributed by atoms with Gasteiger partial charge in [-0.3, -0.25) is 4.79 Å². The molecule has 3 fully saturated rings. The molecular weight excluding hydrogens is 1320 g/mol. The van der Waals surface area contributed by atoms with E-state index < -0.39 is 67.2 Å². The Morgan fingerprint density at radius 3 is 2.40 bits per heavy atom. The number of carbonyl (C=O) groups is 2. The summed E-state index contributed by atoms with van der Waals surface area (Å²) in [5.74, 6) is 5.74. The number of allylic oxidation sites excluding steroid dienone is 4. The molecule has 4 heterocycles. The van der Waals surface area contributed by atoms with Crippen LogP contribution in [0.3, 0.4) is 0 Å². The van der Waals surface area contributed by atoms with E-state index in [0.29, 0.717) is 47.6 Å². The van der Waals surface area contributed by atoms with E-state index in [1.165, 1.54) is 90.7 Å². The second-order valence-electron chi connectivity index (χ2n) is 34.1. The zero-order valence-corrected chi connectivity index (χ0v) is 60.5. The topological polar surface area (TPSA) is 182 Å². The van der Waals surface area contributed by atoms with Crippen LogP contribution >= 0.6 is 0 Å². The van der Waals surface area contributed by atoms with E-state index in [1.54, 1.807) is 6.07 Å². The average molecular weight is 1420 g/mol. The molecule has 6 aromatic carbocycles. The number of ether oxygens (including phenoxy) is 4. The van der Waals surface area contributed by atoms with Gasteiger partial charge in [0.1, 0.15) is 18.1 Å². The number of hydrogen-bond donors (Lipinski definition) is 4. The maximum atomic E-state index is 17.0. The number of fused-ring (bicyclic) bond motifs is 9. The SMILES string of the molecule is C/C(CO)=C1\C[C@H]2c3ccc4c5c3[C@H]3C[C@@H]6[C@H]7C=Cc8ccccc8[C@@H]7C[C@H]6[C@]6(CC#CC5)Oc5ccc7c(CO)c([C@H](CCO)COCO)c(=O)oc7c5[C@@H](OC(=O)C[C@H]5C[C@H](C=C[C@@H]45)c4cccc5c4CC[C@@H]4CCC[C@@H]7C=Cc8ccc(cc8[C@]547)Cc4ccc(cc4)C4(CCCC4)[C@H]2C3)[C@@H]6OC1=O. The minimum Gasteiger partial charge on any atom is -0.481 e. The Morgan fingerprint density at radius 1 is 0.708 bits per heavy atom. The van der Waals surface area contributed by atoms with Crippen LogP contribution in [0, 0.1) is 53.3 Å². The monoisotopic (exact) mass is 1410 g/mol. The first-order chi connectivity index (χ1) is 51.9. The standard InChI is InChI=1S/C94H94O12/c1-52(48-96)73-46-76-71-32-31-67-66-28-23-57-42-59(66)45-83(99)103-88-86-82(34-33-72-77(49-97)85(91(101)104-87(72)86)58(35-39-95)50-102-51-98)106-93(89(88)105-90(73)100)38-5-4-14-70(67)84(71)60(43-75-68-29-22-55-10-2-3-13-64(55)74(68)47-81(75)93)44-80(76)92(36-6-7-37-92)61-24-18-53(19-25-61)40-54-17-20-56-21-26-62-11-8-12-63-27-30-69-65(57)15-9-16-78(69)94(62,63)79(56)41-54/h2-3,9-10,13,15-26,28-29,31-34,41,57-60,62-63,66,68,74-76,80-81,88-89,95-98H,6-8,11-12,14,27,30,35-40,42-51H2,1H3/b73-52-/t57-,58+,59+,60-,62+,63-,66+,68-,74-,75+,76-,80-,81+,88+,89-,93-,94-/m0/s1. The molecule has 0 unspecified atom stereocenters. The van der Waals surface area contributed by atoms with E-state index in [1.807, 2.05) is 13.0 Å². The van der Waals surface area contributed by atoms with Gasteiger partial charge in [0, 0.05) is 65.1 Å². The largest absolute Gasteiger partial charge is 0.481 e. The van der Waals surface area contributed by atoms with Crippen molar-refractivity contribution in [3.05, 3.63) is 250 Å². The van der Waals surface area contributed by atoms with Crippen molar-refractivity contribution in [1.82, 2.24) is 0 Å². The maximum Gasteiger partial charge on any atom is 0.340 e. The molecule has 20 bridgehead atoms. The molecule has 12 heteroatoms. The highest BCUT2D eigenvalue weighted by Gasteiger charge is 2.66.